The summed E-state index contributed by atoms with van der Waals surface area (Å²) in [5, 5.41) is 1.24. The fraction of sp³-hybridized carbons (Fsp3) is 0.440. The summed E-state index contributed by atoms with van der Waals surface area (Å²) in [6, 6.07) is 12.5. The number of rotatable bonds is 8. The summed E-state index contributed by atoms with van der Waals surface area (Å²) in [6.45, 7) is 9.93. The van der Waals surface area contributed by atoms with Gasteiger partial charge in [0, 0.05) is 49.5 Å². The van der Waals surface area contributed by atoms with Gasteiger partial charge in [0.25, 0.3) is 0 Å². The summed E-state index contributed by atoms with van der Waals surface area (Å²) in [5.41, 5.74) is 3.66. The summed E-state index contributed by atoms with van der Waals surface area (Å²) in [7, 11) is 0. The Hall–Kier alpha value is -2.86. The maximum atomic E-state index is 12.0. The third kappa shape index (κ3) is 5.07. The Morgan fingerprint density at radius 1 is 1.10 bits per heavy atom. The van der Waals surface area contributed by atoms with Gasteiger partial charge in [-0.05, 0) is 56.5 Å². The molecule has 0 saturated carbocycles. The molecule has 6 nitrogen and oxygen atoms in total. The van der Waals surface area contributed by atoms with Crippen molar-refractivity contribution >= 4 is 22.7 Å². The highest BCUT2D eigenvalue weighted by molar-refractivity contribution is 5.85. The number of para-hydroxylation sites is 1. The van der Waals surface area contributed by atoms with E-state index in [2.05, 4.69) is 52.2 Å². The van der Waals surface area contributed by atoms with Gasteiger partial charge in [0.05, 0.1) is 6.61 Å². The molecule has 0 unspecified atom stereocenters. The van der Waals surface area contributed by atoms with Crippen molar-refractivity contribution in [2.45, 2.75) is 33.2 Å². The van der Waals surface area contributed by atoms with Crippen molar-refractivity contribution in [3.63, 3.8) is 0 Å². The Morgan fingerprint density at radius 2 is 1.90 bits per heavy atom. The summed E-state index contributed by atoms with van der Waals surface area (Å²) in [5.74, 6) is 0.937. The number of hydrogen-bond donors (Lipinski definition) is 0. The van der Waals surface area contributed by atoms with Gasteiger partial charge in [0.2, 0.25) is 0 Å². The second kappa shape index (κ2) is 9.96. The smallest absolute Gasteiger partial charge is 0.325 e. The molecule has 2 aromatic heterocycles. The van der Waals surface area contributed by atoms with E-state index in [0.717, 1.165) is 56.9 Å². The molecule has 0 spiro atoms. The van der Waals surface area contributed by atoms with E-state index in [1.807, 2.05) is 29.8 Å². The van der Waals surface area contributed by atoms with E-state index in [1.54, 1.807) is 0 Å². The Balaban J connectivity index is 1.32. The van der Waals surface area contributed by atoms with E-state index < -0.39 is 0 Å². The molecule has 1 aromatic carbocycles. The minimum absolute atomic E-state index is 0.184. The van der Waals surface area contributed by atoms with E-state index in [9.17, 15) is 4.79 Å². The van der Waals surface area contributed by atoms with E-state index in [-0.39, 0.29) is 12.5 Å². The van der Waals surface area contributed by atoms with Crippen LogP contribution in [-0.2, 0) is 22.5 Å². The van der Waals surface area contributed by atoms with Crippen molar-refractivity contribution in [2.24, 2.45) is 0 Å². The van der Waals surface area contributed by atoms with Gasteiger partial charge in [0.1, 0.15) is 12.4 Å². The van der Waals surface area contributed by atoms with Crippen LogP contribution < -0.4 is 4.90 Å². The number of nitrogens with zero attached hydrogens (tertiary/aromatic N) is 4. The first-order valence-electron chi connectivity index (χ1n) is 11.3. The Morgan fingerprint density at radius 3 is 2.68 bits per heavy atom. The number of piperazine rings is 1. The Bertz CT molecular complexity index is 1020. The first-order valence-corrected chi connectivity index (χ1v) is 11.3. The summed E-state index contributed by atoms with van der Waals surface area (Å²) < 4.78 is 7.16. The second-order valence-electron chi connectivity index (χ2n) is 8.18. The molecule has 3 heterocycles. The van der Waals surface area contributed by atoms with Crippen LogP contribution in [0.3, 0.4) is 0 Å². The lowest BCUT2D eigenvalue weighted by atomic mass is 10.1. The molecule has 0 atom stereocenters. The van der Waals surface area contributed by atoms with Gasteiger partial charge in [-0.15, -0.1) is 0 Å². The van der Waals surface area contributed by atoms with Gasteiger partial charge in [-0.3, -0.25) is 9.69 Å². The third-order valence-corrected chi connectivity index (χ3v) is 6.05. The average molecular weight is 421 g/mol. The molecule has 1 aliphatic rings. The van der Waals surface area contributed by atoms with Gasteiger partial charge in [0.15, 0.2) is 0 Å². The number of ether oxygens (including phenoxy) is 1. The SMILES string of the molecule is CCOC(=O)Cn1cc(CCCN2CCN(c3ncccc3C)CC2)c2ccccc21. The van der Waals surface area contributed by atoms with Crippen LogP contribution in [0.5, 0.6) is 0 Å². The van der Waals surface area contributed by atoms with Crippen molar-refractivity contribution in [3.05, 3.63) is 59.9 Å². The maximum absolute atomic E-state index is 12.0. The average Bonchev–Trinajstić information content (AvgIpc) is 3.12. The Kier molecular flexibility index (Phi) is 6.87. The fourth-order valence-corrected chi connectivity index (χ4v) is 4.48. The number of carbonyl (C=O) groups is 1. The largest absolute Gasteiger partial charge is 0.465 e. The van der Waals surface area contributed by atoms with E-state index in [4.69, 9.17) is 4.74 Å². The molecule has 0 amide bonds. The number of aryl methyl sites for hydroxylation is 2. The first kappa shape index (κ1) is 21.4. The molecule has 1 aliphatic heterocycles. The van der Waals surface area contributed by atoms with E-state index >= 15 is 0 Å². The number of anilines is 1. The van der Waals surface area contributed by atoms with Crippen LogP contribution in [0.1, 0.15) is 24.5 Å². The molecule has 0 bridgehead atoms. The van der Waals surface area contributed by atoms with Crippen LogP contribution in [-0.4, -0.2) is 59.8 Å². The molecular weight excluding hydrogens is 388 g/mol. The van der Waals surface area contributed by atoms with Crippen LogP contribution in [0.4, 0.5) is 5.82 Å². The van der Waals surface area contributed by atoms with E-state index in [1.165, 1.54) is 16.5 Å². The number of esters is 1. The standard InChI is InChI=1S/C25H32N4O2/c1-3-31-24(30)19-29-18-21(22-10-4-5-11-23(22)29)9-7-13-27-14-16-28(17-15-27)25-20(2)8-6-12-26-25/h4-6,8,10-12,18H,3,7,9,13-17,19H2,1-2H3. The van der Waals surface area contributed by atoms with Crippen LogP contribution in [0, 0.1) is 6.92 Å². The molecule has 31 heavy (non-hydrogen) atoms. The summed E-state index contributed by atoms with van der Waals surface area (Å²) >= 11 is 0. The molecular formula is C25H32N4O2. The van der Waals surface area contributed by atoms with Crippen molar-refractivity contribution in [1.29, 1.82) is 0 Å². The lowest BCUT2D eigenvalue weighted by Gasteiger charge is -2.36. The van der Waals surface area contributed by atoms with Gasteiger partial charge in [-0.2, -0.15) is 0 Å². The molecule has 0 aliphatic carbocycles. The quantitative estimate of drug-likeness (QED) is 0.521. The highest BCUT2D eigenvalue weighted by Gasteiger charge is 2.19. The summed E-state index contributed by atoms with van der Waals surface area (Å²) in [6.07, 6.45) is 6.13. The third-order valence-electron chi connectivity index (χ3n) is 6.05. The minimum Gasteiger partial charge on any atom is -0.465 e. The highest BCUT2D eigenvalue weighted by Crippen LogP contribution is 2.23. The van der Waals surface area contributed by atoms with E-state index in [0.29, 0.717) is 6.61 Å². The topological polar surface area (TPSA) is 50.6 Å². The van der Waals surface area contributed by atoms with Gasteiger partial charge >= 0.3 is 5.97 Å². The van der Waals surface area contributed by atoms with Crippen molar-refractivity contribution in [3.8, 4) is 0 Å². The van der Waals surface area contributed by atoms with Gasteiger partial charge in [-0.1, -0.05) is 24.3 Å². The lowest BCUT2D eigenvalue weighted by molar-refractivity contribution is -0.143. The first-order chi connectivity index (χ1) is 15.2. The molecule has 1 fully saturated rings. The zero-order valence-electron chi connectivity index (χ0n) is 18.6. The molecule has 4 rings (SSSR count). The number of hydrogen-bond acceptors (Lipinski definition) is 5. The monoisotopic (exact) mass is 420 g/mol. The van der Waals surface area contributed by atoms with Gasteiger partial charge in [-0.25, -0.2) is 4.98 Å². The van der Waals surface area contributed by atoms with Gasteiger partial charge < -0.3 is 14.2 Å². The number of pyridine rings is 1. The lowest BCUT2D eigenvalue weighted by Crippen LogP contribution is -2.47. The highest BCUT2D eigenvalue weighted by atomic mass is 16.5. The van der Waals surface area contributed by atoms with Crippen LogP contribution in [0.15, 0.2) is 48.8 Å². The molecule has 6 heteroatoms. The van der Waals surface area contributed by atoms with Crippen LogP contribution in [0.2, 0.25) is 0 Å². The molecule has 0 radical (unpaired) electrons. The molecule has 3 aromatic rings. The van der Waals surface area contributed by atoms with Crippen molar-refractivity contribution < 1.29 is 9.53 Å². The Labute approximate surface area is 184 Å². The maximum Gasteiger partial charge on any atom is 0.325 e. The predicted octanol–water partition coefficient (Wildman–Crippen LogP) is 3.66. The number of fused-ring (bicyclic) bond motifs is 1. The van der Waals surface area contributed by atoms with Crippen LogP contribution in [0.25, 0.3) is 10.9 Å². The number of benzene rings is 1. The zero-order valence-corrected chi connectivity index (χ0v) is 18.6. The molecule has 164 valence electrons. The molecule has 1 saturated heterocycles. The zero-order chi connectivity index (χ0) is 21.6. The van der Waals surface area contributed by atoms with Crippen LogP contribution >= 0.6 is 0 Å². The number of carbonyl (C=O) groups excluding carboxylic acids is 1. The normalized spacial score (nSPS) is 14.8. The number of aromatic nitrogens is 2. The van der Waals surface area contributed by atoms with Crippen molar-refractivity contribution in [1.82, 2.24) is 14.5 Å². The predicted molar refractivity (Wildman–Crippen MR) is 125 cm³/mol. The minimum atomic E-state index is -0.184. The van der Waals surface area contributed by atoms with Crippen molar-refractivity contribution in [2.75, 3.05) is 44.2 Å². The summed E-state index contributed by atoms with van der Waals surface area (Å²) in [4.78, 5) is 21.5. The fourth-order valence-electron chi connectivity index (χ4n) is 4.48. The second-order valence-corrected chi connectivity index (χ2v) is 8.18. The molecule has 0 N–H and O–H groups in total.